The zero-order chi connectivity index (χ0) is 16.4. The third-order valence-electron chi connectivity index (χ3n) is 4.17. The van der Waals surface area contributed by atoms with E-state index in [9.17, 15) is 4.79 Å². The van der Waals surface area contributed by atoms with Crippen molar-refractivity contribution in [2.45, 2.75) is 70.6 Å². The van der Waals surface area contributed by atoms with Crippen molar-refractivity contribution in [3.05, 3.63) is 35.9 Å². The van der Waals surface area contributed by atoms with E-state index in [4.69, 9.17) is 0 Å². The summed E-state index contributed by atoms with van der Waals surface area (Å²) < 4.78 is 0. The molecule has 0 aromatic heterocycles. The van der Waals surface area contributed by atoms with Gasteiger partial charge in [0.25, 0.3) is 0 Å². The Balaban J connectivity index is 1.92. The number of nitrogens with one attached hydrogen (secondary N) is 3. The van der Waals surface area contributed by atoms with E-state index in [-0.39, 0.29) is 29.2 Å². The molecule has 1 atom stereocenters. The van der Waals surface area contributed by atoms with E-state index < -0.39 is 0 Å². The van der Waals surface area contributed by atoms with Gasteiger partial charge in [0.1, 0.15) is 0 Å². The summed E-state index contributed by atoms with van der Waals surface area (Å²) in [5.74, 6) is 0. The van der Waals surface area contributed by atoms with Gasteiger partial charge < -0.3 is 16.0 Å². The first-order chi connectivity index (χ1) is 10.2. The molecule has 22 heavy (non-hydrogen) atoms. The molecule has 0 saturated carbocycles. The van der Waals surface area contributed by atoms with Crippen molar-refractivity contribution < 1.29 is 4.79 Å². The Bertz CT molecular complexity index is 494. The number of rotatable bonds is 3. The van der Waals surface area contributed by atoms with Crippen molar-refractivity contribution in [1.82, 2.24) is 16.0 Å². The van der Waals surface area contributed by atoms with Crippen LogP contribution in [-0.2, 0) is 0 Å². The van der Waals surface area contributed by atoms with E-state index in [1.54, 1.807) is 0 Å². The largest absolute Gasteiger partial charge is 0.335 e. The fourth-order valence-electron chi connectivity index (χ4n) is 3.67. The summed E-state index contributed by atoms with van der Waals surface area (Å²) >= 11 is 0. The minimum absolute atomic E-state index is 0.00364. The van der Waals surface area contributed by atoms with Crippen molar-refractivity contribution >= 4 is 6.03 Å². The van der Waals surface area contributed by atoms with Crippen molar-refractivity contribution in [1.29, 1.82) is 0 Å². The lowest BCUT2D eigenvalue weighted by Gasteiger charge is -2.46. The van der Waals surface area contributed by atoms with Gasteiger partial charge in [0.05, 0.1) is 6.04 Å². The van der Waals surface area contributed by atoms with Crippen LogP contribution < -0.4 is 16.0 Å². The molecule has 4 nitrogen and oxygen atoms in total. The molecule has 0 unspecified atom stereocenters. The molecule has 122 valence electrons. The third-order valence-corrected chi connectivity index (χ3v) is 4.17. The zero-order valence-corrected chi connectivity index (χ0v) is 14.4. The van der Waals surface area contributed by atoms with E-state index in [1.165, 1.54) is 0 Å². The zero-order valence-electron chi connectivity index (χ0n) is 14.4. The summed E-state index contributed by atoms with van der Waals surface area (Å²) in [6.45, 7) is 10.8. The van der Waals surface area contributed by atoms with Crippen LogP contribution in [0.4, 0.5) is 4.79 Å². The number of carbonyl (C=O) groups excluding carboxylic acids is 1. The first kappa shape index (κ1) is 16.8. The number of benzene rings is 1. The van der Waals surface area contributed by atoms with E-state index in [2.05, 4.69) is 43.6 Å². The van der Waals surface area contributed by atoms with Gasteiger partial charge in [0.15, 0.2) is 0 Å². The Kier molecular flexibility index (Phi) is 4.81. The van der Waals surface area contributed by atoms with Crippen LogP contribution in [0, 0.1) is 0 Å². The lowest BCUT2D eigenvalue weighted by atomic mass is 9.80. The molecular weight excluding hydrogens is 274 g/mol. The molecule has 3 N–H and O–H groups in total. The summed E-state index contributed by atoms with van der Waals surface area (Å²) in [5.41, 5.74) is 1.18. The highest BCUT2D eigenvalue weighted by Crippen LogP contribution is 2.28. The van der Waals surface area contributed by atoms with Crippen LogP contribution in [-0.4, -0.2) is 23.2 Å². The highest BCUT2D eigenvalue weighted by molar-refractivity contribution is 5.74. The Morgan fingerprint density at radius 1 is 1.14 bits per heavy atom. The van der Waals surface area contributed by atoms with E-state index in [0.29, 0.717) is 0 Å². The van der Waals surface area contributed by atoms with Gasteiger partial charge in [0.2, 0.25) is 0 Å². The van der Waals surface area contributed by atoms with Crippen LogP contribution in [0.1, 0.15) is 59.1 Å². The van der Waals surface area contributed by atoms with Crippen LogP contribution in [0.2, 0.25) is 0 Å². The molecule has 0 spiro atoms. The van der Waals surface area contributed by atoms with Crippen LogP contribution in [0.3, 0.4) is 0 Å². The summed E-state index contributed by atoms with van der Waals surface area (Å²) in [6.07, 6.45) is 1.87. The van der Waals surface area contributed by atoms with Crippen molar-refractivity contribution in [3.8, 4) is 0 Å². The minimum atomic E-state index is -0.0881. The molecule has 1 fully saturated rings. The number of amides is 2. The maximum absolute atomic E-state index is 12.3. The maximum Gasteiger partial charge on any atom is 0.315 e. The first-order valence-corrected chi connectivity index (χ1v) is 8.08. The van der Waals surface area contributed by atoms with Crippen molar-refractivity contribution in [3.63, 3.8) is 0 Å². The molecule has 2 amide bonds. The minimum Gasteiger partial charge on any atom is -0.335 e. The molecule has 1 saturated heterocycles. The molecule has 2 rings (SSSR count). The highest BCUT2D eigenvalue weighted by Gasteiger charge is 2.38. The van der Waals surface area contributed by atoms with Gasteiger partial charge in [-0.1, -0.05) is 30.3 Å². The predicted molar refractivity (Wildman–Crippen MR) is 90.8 cm³/mol. The van der Waals surface area contributed by atoms with E-state index >= 15 is 0 Å². The quantitative estimate of drug-likeness (QED) is 0.802. The van der Waals surface area contributed by atoms with Crippen LogP contribution in [0.5, 0.6) is 0 Å². The van der Waals surface area contributed by atoms with Crippen LogP contribution >= 0.6 is 0 Å². The second kappa shape index (κ2) is 6.29. The summed E-state index contributed by atoms with van der Waals surface area (Å²) in [4.78, 5) is 12.3. The fraction of sp³-hybridized carbons (Fsp3) is 0.611. The highest BCUT2D eigenvalue weighted by atomic mass is 16.2. The van der Waals surface area contributed by atoms with Gasteiger partial charge in [-0.3, -0.25) is 0 Å². The first-order valence-electron chi connectivity index (χ1n) is 8.08. The average molecular weight is 303 g/mol. The topological polar surface area (TPSA) is 53.2 Å². The summed E-state index contributed by atoms with van der Waals surface area (Å²) in [7, 11) is 0. The maximum atomic E-state index is 12.3. The van der Waals surface area contributed by atoms with Gasteiger partial charge >= 0.3 is 6.03 Å². The standard InChI is InChI=1S/C18H29N3O/c1-13(14-9-7-6-8-10-14)19-16(22)20-15-11-17(2,3)21-18(4,5)12-15/h6-10,13,15,21H,11-12H2,1-5H3,(H2,19,20,22)/t13-/m1/s1. The second-order valence-electron chi connectivity index (χ2n) is 7.75. The SMILES string of the molecule is C[C@@H](NC(=O)NC1CC(C)(C)NC(C)(C)C1)c1ccccc1. The number of piperidine rings is 1. The number of hydrogen-bond acceptors (Lipinski definition) is 2. The lowest BCUT2D eigenvalue weighted by Crippen LogP contribution is -2.62. The normalized spacial score (nSPS) is 21.9. The smallest absolute Gasteiger partial charge is 0.315 e. The molecule has 4 heteroatoms. The van der Waals surface area contributed by atoms with Gasteiger partial charge in [-0.15, -0.1) is 0 Å². The fourth-order valence-corrected chi connectivity index (χ4v) is 3.67. The molecule has 1 aliphatic heterocycles. The number of urea groups is 1. The molecule has 1 aliphatic rings. The molecule has 1 aromatic carbocycles. The Labute approximate surface area is 134 Å². The molecule has 0 bridgehead atoms. The van der Waals surface area contributed by atoms with E-state index in [0.717, 1.165) is 18.4 Å². The second-order valence-corrected chi connectivity index (χ2v) is 7.75. The van der Waals surface area contributed by atoms with Gasteiger partial charge in [-0.2, -0.15) is 0 Å². The monoisotopic (exact) mass is 303 g/mol. The average Bonchev–Trinajstić information content (AvgIpc) is 2.35. The molecule has 0 aliphatic carbocycles. The molecule has 1 aromatic rings. The lowest BCUT2D eigenvalue weighted by molar-refractivity contribution is 0.147. The van der Waals surface area contributed by atoms with Crippen molar-refractivity contribution in [2.75, 3.05) is 0 Å². The van der Waals surface area contributed by atoms with Crippen LogP contribution in [0.25, 0.3) is 0 Å². The molecule has 1 heterocycles. The Morgan fingerprint density at radius 3 is 2.23 bits per heavy atom. The van der Waals surface area contributed by atoms with Gasteiger partial charge in [-0.25, -0.2) is 4.79 Å². The van der Waals surface area contributed by atoms with Crippen LogP contribution in [0.15, 0.2) is 30.3 Å². The Morgan fingerprint density at radius 2 is 1.68 bits per heavy atom. The molecule has 0 radical (unpaired) electrons. The molecular formula is C18H29N3O. The number of hydrogen-bond donors (Lipinski definition) is 3. The predicted octanol–water partition coefficient (Wildman–Crippen LogP) is 3.36. The van der Waals surface area contributed by atoms with E-state index in [1.807, 2.05) is 37.3 Å². The summed E-state index contributed by atoms with van der Waals surface area (Å²) in [6, 6.07) is 10.1. The van der Waals surface area contributed by atoms with Crippen molar-refractivity contribution in [2.24, 2.45) is 0 Å². The third kappa shape index (κ3) is 4.73. The summed E-state index contributed by atoms with van der Waals surface area (Å²) in [5, 5.41) is 9.80. The van der Waals surface area contributed by atoms with Gasteiger partial charge in [-0.05, 0) is 53.0 Å². The number of carbonyl (C=O) groups is 1. The van der Waals surface area contributed by atoms with Gasteiger partial charge in [0, 0.05) is 17.1 Å². The Hall–Kier alpha value is -1.55.